The maximum absolute atomic E-state index is 12.0. The molecule has 0 radical (unpaired) electrons. The molecular formula is C17H18N2O2. The van der Waals surface area contributed by atoms with E-state index in [0.717, 1.165) is 22.5 Å². The maximum Gasteiger partial charge on any atom is 0.228 e. The number of rotatable bonds is 4. The Labute approximate surface area is 124 Å². The Bertz CT molecular complexity index is 648. The Balaban J connectivity index is 1.96. The fourth-order valence-electron chi connectivity index (χ4n) is 2.00. The van der Waals surface area contributed by atoms with Gasteiger partial charge in [-0.15, -0.1) is 0 Å². The minimum absolute atomic E-state index is 0.0587. The van der Waals surface area contributed by atoms with Crippen LogP contribution in [0.15, 0.2) is 48.5 Å². The van der Waals surface area contributed by atoms with Crippen LogP contribution < -0.4 is 10.6 Å². The average molecular weight is 282 g/mol. The fourth-order valence-corrected chi connectivity index (χ4v) is 2.00. The van der Waals surface area contributed by atoms with E-state index >= 15 is 0 Å². The smallest absolute Gasteiger partial charge is 0.228 e. The monoisotopic (exact) mass is 282 g/mol. The van der Waals surface area contributed by atoms with E-state index in [9.17, 15) is 9.59 Å². The Morgan fingerprint density at radius 2 is 1.62 bits per heavy atom. The van der Waals surface area contributed by atoms with Crippen LogP contribution in [-0.4, -0.2) is 11.8 Å². The molecule has 0 unspecified atom stereocenters. The van der Waals surface area contributed by atoms with Gasteiger partial charge in [0.15, 0.2) is 0 Å². The van der Waals surface area contributed by atoms with E-state index in [1.54, 1.807) is 12.1 Å². The summed E-state index contributed by atoms with van der Waals surface area (Å²) in [5.41, 5.74) is 3.49. The normalized spacial score (nSPS) is 10.0. The van der Waals surface area contributed by atoms with E-state index in [0.29, 0.717) is 6.42 Å². The number of hydrogen-bond acceptors (Lipinski definition) is 2. The van der Waals surface area contributed by atoms with Crippen molar-refractivity contribution >= 4 is 23.2 Å². The van der Waals surface area contributed by atoms with Crippen LogP contribution in [0.1, 0.15) is 18.1 Å². The molecule has 0 spiro atoms. The van der Waals surface area contributed by atoms with Crippen LogP contribution in [0.5, 0.6) is 0 Å². The quantitative estimate of drug-likeness (QED) is 0.905. The van der Waals surface area contributed by atoms with Crippen LogP contribution in [0.2, 0.25) is 0 Å². The summed E-state index contributed by atoms with van der Waals surface area (Å²) in [4.78, 5) is 23.0. The highest BCUT2D eigenvalue weighted by atomic mass is 16.2. The minimum atomic E-state index is -0.111. The fraction of sp³-hybridized carbons (Fsp3) is 0.176. The first kappa shape index (κ1) is 14.8. The van der Waals surface area contributed by atoms with Crippen LogP contribution in [0.4, 0.5) is 11.4 Å². The zero-order chi connectivity index (χ0) is 15.2. The van der Waals surface area contributed by atoms with Crippen molar-refractivity contribution < 1.29 is 9.59 Å². The predicted molar refractivity (Wildman–Crippen MR) is 84.3 cm³/mol. The van der Waals surface area contributed by atoms with Gasteiger partial charge < -0.3 is 10.6 Å². The largest absolute Gasteiger partial charge is 0.326 e. The van der Waals surface area contributed by atoms with Crippen molar-refractivity contribution in [2.45, 2.75) is 20.3 Å². The van der Waals surface area contributed by atoms with Crippen LogP contribution in [-0.2, 0) is 16.0 Å². The molecule has 2 N–H and O–H groups in total. The van der Waals surface area contributed by atoms with Crippen molar-refractivity contribution in [1.82, 2.24) is 0 Å². The van der Waals surface area contributed by atoms with Crippen LogP contribution in [0.3, 0.4) is 0 Å². The molecule has 0 aliphatic carbocycles. The summed E-state index contributed by atoms with van der Waals surface area (Å²) in [5.74, 6) is -0.170. The predicted octanol–water partition coefficient (Wildman–Crippen LogP) is 3.13. The number of aryl methyl sites for hydroxylation is 1. The van der Waals surface area contributed by atoms with Gasteiger partial charge in [-0.2, -0.15) is 0 Å². The summed E-state index contributed by atoms with van der Waals surface area (Å²) >= 11 is 0. The van der Waals surface area contributed by atoms with Gasteiger partial charge in [0.25, 0.3) is 0 Å². The highest BCUT2D eigenvalue weighted by molar-refractivity contribution is 5.93. The van der Waals surface area contributed by atoms with Gasteiger partial charge in [-0.3, -0.25) is 9.59 Å². The number of amides is 2. The highest BCUT2D eigenvalue weighted by Gasteiger charge is 2.06. The lowest BCUT2D eigenvalue weighted by Gasteiger charge is -2.08. The van der Waals surface area contributed by atoms with Crippen LogP contribution >= 0.6 is 0 Å². The van der Waals surface area contributed by atoms with Gasteiger partial charge >= 0.3 is 0 Å². The third-order valence-corrected chi connectivity index (χ3v) is 3.06. The molecule has 0 saturated heterocycles. The Morgan fingerprint density at radius 3 is 2.24 bits per heavy atom. The van der Waals surface area contributed by atoms with E-state index in [4.69, 9.17) is 0 Å². The molecule has 0 atom stereocenters. The molecule has 0 bridgehead atoms. The third-order valence-electron chi connectivity index (χ3n) is 3.06. The van der Waals surface area contributed by atoms with E-state index in [2.05, 4.69) is 10.6 Å². The second kappa shape index (κ2) is 6.70. The number of hydrogen-bond donors (Lipinski definition) is 2. The Morgan fingerprint density at radius 1 is 0.952 bits per heavy atom. The number of para-hydroxylation sites is 1. The summed E-state index contributed by atoms with van der Waals surface area (Å²) in [6, 6.07) is 14.9. The number of anilines is 2. The molecule has 108 valence electrons. The minimum Gasteiger partial charge on any atom is -0.326 e. The van der Waals surface area contributed by atoms with Crippen LogP contribution in [0.25, 0.3) is 0 Å². The topological polar surface area (TPSA) is 58.2 Å². The molecule has 2 aromatic carbocycles. The lowest BCUT2D eigenvalue weighted by atomic mass is 10.1. The summed E-state index contributed by atoms with van der Waals surface area (Å²) in [5, 5.41) is 5.59. The molecule has 0 aliphatic rings. The van der Waals surface area contributed by atoms with Gasteiger partial charge in [0.1, 0.15) is 0 Å². The van der Waals surface area contributed by atoms with Crippen molar-refractivity contribution in [3.05, 3.63) is 59.7 Å². The standard InChI is InChI=1S/C17H18N2O2/c1-12-5-3-4-6-16(12)19-17(21)11-14-7-9-15(10-8-14)18-13(2)20/h3-10H,11H2,1-2H3,(H,18,20)(H,19,21). The zero-order valence-corrected chi connectivity index (χ0v) is 12.1. The molecule has 0 heterocycles. The van der Waals surface area contributed by atoms with Gasteiger partial charge in [0.05, 0.1) is 6.42 Å². The SMILES string of the molecule is CC(=O)Nc1ccc(CC(=O)Nc2ccccc2C)cc1. The second-order valence-corrected chi connectivity index (χ2v) is 4.92. The molecular weight excluding hydrogens is 264 g/mol. The summed E-state index contributed by atoms with van der Waals surface area (Å²) in [6.07, 6.45) is 0.300. The lowest BCUT2D eigenvalue weighted by Crippen LogP contribution is -2.15. The summed E-state index contributed by atoms with van der Waals surface area (Å²) in [6.45, 7) is 3.42. The van der Waals surface area contributed by atoms with Gasteiger partial charge in [-0.05, 0) is 36.2 Å². The van der Waals surface area contributed by atoms with Crippen molar-refractivity contribution in [1.29, 1.82) is 0 Å². The molecule has 0 aromatic heterocycles. The summed E-state index contributed by atoms with van der Waals surface area (Å²) in [7, 11) is 0. The number of benzene rings is 2. The summed E-state index contributed by atoms with van der Waals surface area (Å²) < 4.78 is 0. The van der Waals surface area contributed by atoms with Gasteiger partial charge in [0, 0.05) is 18.3 Å². The third kappa shape index (κ3) is 4.45. The average Bonchev–Trinajstić information content (AvgIpc) is 2.43. The molecule has 2 amide bonds. The molecule has 2 rings (SSSR count). The number of carbonyl (C=O) groups excluding carboxylic acids is 2. The maximum atomic E-state index is 12.0. The zero-order valence-electron chi connectivity index (χ0n) is 12.1. The van der Waals surface area contributed by atoms with Crippen LogP contribution in [0, 0.1) is 6.92 Å². The first-order valence-electron chi connectivity index (χ1n) is 6.76. The lowest BCUT2D eigenvalue weighted by molar-refractivity contribution is -0.116. The van der Waals surface area contributed by atoms with E-state index < -0.39 is 0 Å². The molecule has 0 aliphatic heterocycles. The molecule has 4 nitrogen and oxygen atoms in total. The van der Waals surface area contributed by atoms with Gasteiger partial charge in [-0.1, -0.05) is 30.3 Å². The second-order valence-electron chi connectivity index (χ2n) is 4.92. The van der Waals surface area contributed by atoms with Crippen molar-refractivity contribution in [2.24, 2.45) is 0 Å². The first-order valence-corrected chi connectivity index (χ1v) is 6.76. The first-order chi connectivity index (χ1) is 10.0. The molecule has 2 aromatic rings. The molecule has 0 saturated carbocycles. The Hall–Kier alpha value is -2.62. The van der Waals surface area contributed by atoms with Gasteiger partial charge in [-0.25, -0.2) is 0 Å². The molecule has 21 heavy (non-hydrogen) atoms. The van der Waals surface area contributed by atoms with E-state index in [1.807, 2.05) is 43.3 Å². The van der Waals surface area contributed by atoms with Crippen molar-refractivity contribution in [3.8, 4) is 0 Å². The number of nitrogens with one attached hydrogen (secondary N) is 2. The highest BCUT2D eigenvalue weighted by Crippen LogP contribution is 2.14. The van der Waals surface area contributed by atoms with E-state index in [-0.39, 0.29) is 11.8 Å². The number of carbonyl (C=O) groups is 2. The molecule has 4 heteroatoms. The van der Waals surface area contributed by atoms with E-state index in [1.165, 1.54) is 6.92 Å². The Kier molecular flexibility index (Phi) is 4.72. The van der Waals surface area contributed by atoms with Gasteiger partial charge in [0.2, 0.25) is 11.8 Å². The van der Waals surface area contributed by atoms with Crippen molar-refractivity contribution in [2.75, 3.05) is 10.6 Å². The molecule has 0 fully saturated rings. The van der Waals surface area contributed by atoms with Crippen molar-refractivity contribution in [3.63, 3.8) is 0 Å².